The van der Waals surface area contributed by atoms with Gasteiger partial charge in [-0.2, -0.15) is 0 Å². The van der Waals surface area contributed by atoms with Crippen molar-refractivity contribution >= 4 is 23.4 Å². The quantitative estimate of drug-likeness (QED) is 0.861. The van der Waals surface area contributed by atoms with Crippen LogP contribution in [0.1, 0.15) is 12.5 Å². The van der Waals surface area contributed by atoms with Gasteiger partial charge in [0.2, 0.25) is 12.7 Å². The summed E-state index contributed by atoms with van der Waals surface area (Å²) in [5.74, 6) is 1.80. The van der Waals surface area contributed by atoms with Crippen molar-refractivity contribution in [2.24, 2.45) is 0 Å². The Hall–Kier alpha value is -2.48. The molecule has 1 aromatic heterocycles. The monoisotopic (exact) mass is 331 g/mol. The lowest BCUT2D eigenvalue weighted by atomic mass is 10.2. The van der Waals surface area contributed by atoms with Crippen LogP contribution in [0.5, 0.6) is 11.5 Å². The number of fused-ring (bicyclic) bond motifs is 2. The molecule has 1 N–H and O–H groups in total. The second kappa shape index (κ2) is 5.62. The van der Waals surface area contributed by atoms with Crippen LogP contribution >= 0.6 is 11.8 Å². The van der Waals surface area contributed by atoms with Crippen molar-refractivity contribution in [1.82, 2.24) is 9.55 Å². The summed E-state index contributed by atoms with van der Waals surface area (Å²) in [6.45, 7) is 0.193. The van der Waals surface area contributed by atoms with E-state index in [1.54, 1.807) is 22.8 Å². The van der Waals surface area contributed by atoms with Crippen LogP contribution < -0.4 is 20.3 Å². The smallest absolute Gasteiger partial charge is 0.254 e. The van der Waals surface area contributed by atoms with Gasteiger partial charge in [0.1, 0.15) is 0 Å². The number of benzene rings is 1. The third-order valence-electron chi connectivity index (χ3n) is 3.69. The van der Waals surface area contributed by atoms with E-state index in [2.05, 4.69) is 10.3 Å². The average molecular weight is 331 g/mol. The molecule has 4 rings (SSSR count). The first-order valence-electron chi connectivity index (χ1n) is 7.10. The summed E-state index contributed by atoms with van der Waals surface area (Å²) in [4.78, 5) is 28.4. The Morgan fingerprint density at radius 3 is 3.13 bits per heavy atom. The molecule has 2 aromatic rings. The van der Waals surface area contributed by atoms with Crippen molar-refractivity contribution in [1.29, 1.82) is 0 Å². The van der Waals surface area contributed by atoms with Crippen molar-refractivity contribution in [3.8, 4) is 11.5 Å². The highest BCUT2D eigenvalue weighted by Crippen LogP contribution is 2.35. The van der Waals surface area contributed by atoms with E-state index in [9.17, 15) is 9.59 Å². The molecule has 2 aliphatic rings. The van der Waals surface area contributed by atoms with E-state index in [4.69, 9.17) is 9.47 Å². The van der Waals surface area contributed by atoms with Gasteiger partial charge in [-0.25, -0.2) is 4.98 Å². The number of carbonyl (C=O) groups excluding carboxylic acids is 1. The lowest BCUT2D eigenvalue weighted by Crippen LogP contribution is -2.26. The van der Waals surface area contributed by atoms with Gasteiger partial charge in [-0.1, -0.05) is 11.8 Å². The number of aromatic nitrogens is 2. The summed E-state index contributed by atoms with van der Waals surface area (Å²) in [5, 5.41) is 3.49. The molecule has 0 aliphatic carbocycles. The summed E-state index contributed by atoms with van der Waals surface area (Å²) in [6, 6.07) is 6.48. The van der Waals surface area contributed by atoms with Gasteiger partial charge in [-0.3, -0.25) is 14.2 Å². The van der Waals surface area contributed by atoms with Crippen molar-refractivity contribution in [3.05, 3.63) is 40.8 Å². The number of nitrogens with zero attached hydrogens (tertiary/aromatic N) is 2. The number of carbonyl (C=O) groups is 1. The fraction of sp³-hybridized carbons (Fsp3) is 0.267. The summed E-state index contributed by atoms with van der Waals surface area (Å²) in [5.41, 5.74) is 0.518. The molecule has 23 heavy (non-hydrogen) atoms. The number of anilines is 1. The third-order valence-corrected chi connectivity index (χ3v) is 4.80. The first-order valence-corrected chi connectivity index (χ1v) is 8.09. The van der Waals surface area contributed by atoms with Gasteiger partial charge >= 0.3 is 0 Å². The zero-order chi connectivity index (χ0) is 15.8. The van der Waals surface area contributed by atoms with E-state index in [0.717, 1.165) is 0 Å². The molecule has 7 nitrogen and oxygen atoms in total. The normalized spacial score (nSPS) is 17.8. The number of ether oxygens (including phenoxy) is 2. The molecule has 1 aromatic carbocycles. The van der Waals surface area contributed by atoms with Crippen LogP contribution in [-0.2, 0) is 4.79 Å². The Balaban J connectivity index is 1.47. The predicted octanol–water partition coefficient (Wildman–Crippen LogP) is 1.65. The molecule has 118 valence electrons. The second-order valence-corrected chi connectivity index (χ2v) is 6.21. The summed E-state index contributed by atoms with van der Waals surface area (Å²) in [6.07, 6.45) is 1.72. The van der Waals surface area contributed by atoms with Crippen LogP contribution in [0, 0.1) is 0 Å². The molecule has 0 saturated heterocycles. The molecule has 0 spiro atoms. The van der Waals surface area contributed by atoms with Crippen molar-refractivity contribution in [2.75, 3.05) is 17.9 Å². The molecule has 3 heterocycles. The minimum atomic E-state index is -0.176. The lowest BCUT2D eigenvalue weighted by molar-refractivity contribution is -0.116. The minimum Gasteiger partial charge on any atom is -0.454 e. The third kappa shape index (κ3) is 2.65. The highest BCUT2D eigenvalue weighted by molar-refractivity contribution is 7.99. The first kappa shape index (κ1) is 14.1. The first-order chi connectivity index (χ1) is 11.2. The van der Waals surface area contributed by atoms with Gasteiger partial charge < -0.3 is 14.8 Å². The maximum Gasteiger partial charge on any atom is 0.254 e. The Morgan fingerprint density at radius 1 is 1.35 bits per heavy atom. The molecular formula is C15H13N3O4S. The number of hydrogen-bond donors (Lipinski definition) is 1. The Morgan fingerprint density at radius 2 is 2.22 bits per heavy atom. The van der Waals surface area contributed by atoms with Crippen molar-refractivity contribution in [3.63, 3.8) is 0 Å². The molecule has 0 unspecified atom stereocenters. The highest BCUT2D eigenvalue weighted by atomic mass is 32.2. The topological polar surface area (TPSA) is 82.5 Å². The van der Waals surface area contributed by atoms with Gasteiger partial charge in [0.15, 0.2) is 16.7 Å². The molecule has 0 saturated carbocycles. The molecule has 2 aliphatic heterocycles. The summed E-state index contributed by atoms with van der Waals surface area (Å²) >= 11 is 1.49. The van der Waals surface area contributed by atoms with E-state index in [1.165, 1.54) is 24.0 Å². The van der Waals surface area contributed by atoms with E-state index in [1.807, 2.05) is 0 Å². The largest absolute Gasteiger partial charge is 0.454 e. The van der Waals surface area contributed by atoms with Gasteiger partial charge in [-0.15, -0.1) is 0 Å². The average Bonchev–Trinajstić information content (AvgIpc) is 3.14. The zero-order valence-corrected chi connectivity index (χ0v) is 12.8. The Labute approximate surface area is 135 Å². The zero-order valence-electron chi connectivity index (χ0n) is 12.0. The van der Waals surface area contributed by atoms with E-state index in [-0.39, 0.29) is 30.7 Å². The van der Waals surface area contributed by atoms with Gasteiger partial charge in [0.05, 0.1) is 6.04 Å². The number of rotatable bonds is 3. The van der Waals surface area contributed by atoms with Crippen LogP contribution in [0.3, 0.4) is 0 Å². The van der Waals surface area contributed by atoms with E-state index in [0.29, 0.717) is 28.1 Å². The number of hydrogen-bond acceptors (Lipinski definition) is 6. The molecular weight excluding hydrogens is 318 g/mol. The Bertz CT molecular complexity index is 836. The van der Waals surface area contributed by atoms with Crippen LogP contribution in [0.25, 0.3) is 0 Å². The summed E-state index contributed by atoms with van der Waals surface area (Å²) < 4.78 is 12.1. The molecule has 0 fully saturated rings. The van der Waals surface area contributed by atoms with Gasteiger partial charge in [-0.05, 0) is 12.1 Å². The van der Waals surface area contributed by atoms with E-state index < -0.39 is 0 Å². The minimum absolute atomic E-state index is 0.124. The standard InChI is InChI=1S/C15H13N3O4S/c19-13(17-9-1-2-11-12(5-9)22-8-21-11)6-10-7-23-15-16-4-3-14(20)18(10)15/h1-5,10H,6-8H2,(H,17,19)/t10-/m1/s1. The molecule has 0 bridgehead atoms. The molecule has 1 atom stereocenters. The lowest BCUT2D eigenvalue weighted by Gasteiger charge is -2.13. The second-order valence-electron chi connectivity index (χ2n) is 5.22. The SMILES string of the molecule is O=C(C[C@@H]1CSc2nccc(=O)n21)Nc1ccc2c(c1)OCO2. The fourth-order valence-corrected chi connectivity index (χ4v) is 3.76. The maximum absolute atomic E-state index is 12.3. The summed E-state index contributed by atoms with van der Waals surface area (Å²) in [7, 11) is 0. The number of amides is 1. The highest BCUT2D eigenvalue weighted by Gasteiger charge is 2.27. The van der Waals surface area contributed by atoms with Crippen molar-refractivity contribution < 1.29 is 14.3 Å². The van der Waals surface area contributed by atoms with Crippen molar-refractivity contribution in [2.45, 2.75) is 17.6 Å². The van der Waals surface area contributed by atoms with Gasteiger partial charge in [0.25, 0.3) is 5.56 Å². The van der Waals surface area contributed by atoms with Gasteiger partial charge in [0, 0.05) is 36.2 Å². The number of nitrogens with one attached hydrogen (secondary N) is 1. The fourth-order valence-electron chi connectivity index (χ4n) is 2.64. The maximum atomic E-state index is 12.3. The van der Waals surface area contributed by atoms with Crippen LogP contribution in [-0.4, -0.2) is 28.0 Å². The molecule has 8 heteroatoms. The Kier molecular flexibility index (Phi) is 3.45. The van der Waals surface area contributed by atoms with Crippen LogP contribution in [0.2, 0.25) is 0 Å². The van der Waals surface area contributed by atoms with Crippen LogP contribution in [0.4, 0.5) is 5.69 Å². The molecule has 1 amide bonds. The van der Waals surface area contributed by atoms with E-state index >= 15 is 0 Å². The predicted molar refractivity (Wildman–Crippen MR) is 84.1 cm³/mol. The van der Waals surface area contributed by atoms with Crippen LogP contribution in [0.15, 0.2) is 40.4 Å². The number of thioether (sulfide) groups is 1. The molecule has 0 radical (unpaired) electrons.